The summed E-state index contributed by atoms with van der Waals surface area (Å²) in [6.07, 6.45) is 2.53. The van der Waals surface area contributed by atoms with Crippen molar-refractivity contribution >= 4 is 34.7 Å². The maximum absolute atomic E-state index is 12.6. The van der Waals surface area contributed by atoms with Crippen molar-refractivity contribution in [2.45, 2.75) is 30.7 Å². The Kier molecular flexibility index (Phi) is 5.08. The topological polar surface area (TPSA) is 115 Å². The molecule has 2 amide bonds. The number of amides is 2. The number of benzene rings is 1. The number of piperidine rings is 1. The monoisotopic (exact) mass is 400 g/mol. The number of aromatic nitrogens is 2. The number of hydrogen-bond acceptors (Lipinski definition) is 7. The van der Waals surface area contributed by atoms with Crippen molar-refractivity contribution in [1.29, 1.82) is 0 Å². The molecule has 9 heteroatoms. The van der Waals surface area contributed by atoms with Gasteiger partial charge in [0.25, 0.3) is 11.1 Å². The number of oxazole rings is 2. The lowest BCUT2D eigenvalue weighted by Gasteiger charge is -2.29. The Bertz CT molecular complexity index is 1020. The van der Waals surface area contributed by atoms with E-state index in [4.69, 9.17) is 14.6 Å². The van der Waals surface area contributed by atoms with Crippen molar-refractivity contribution in [2.75, 3.05) is 13.1 Å². The van der Waals surface area contributed by atoms with E-state index in [0.717, 1.165) is 16.7 Å². The van der Waals surface area contributed by atoms with Gasteiger partial charge in [0.1, 0.15) is 11.8 Å². The fraction of sp³-hybridized carbons (Fsp3) is 0.368. The molecule has 8 nitrogen and oxygen atoms in total. The number of carbonyl (C=O) groups excluding carboxylic acids is 2. The van der Waals surface area contributed by atoms with Gasteiger partial charge in [-0.3, -0.25) is 9.59 Å². The number of nitrogens with zero attached hydrogens (tertiary/aromatic N) is 3. The minimum atomic E-state index is -0.303. The first-order valence-corrected chi connectivity index (χ1v) is 10.0. The van der Waals surface area contributed by atoms with E-state index in [2.05, 4.69) is 9.97 Å². The van der Waals surface area contributed by atoms with Gasteiger partial charge in [-0.25, -0.2) is 9.97 Å². The molecule has 1 fully saturated rings. The maximum atomic E-state index is 12.6. The van der Waals surface area contributed by atoms with Crippen LogP contribution in [0.1, 0.15) is 34.8 Å². The summed E-state index contributed by atoms with van der Waals surface area (Å²) in [7, 11) is 0. The van der Waals surface area contributed by atoms with Crippen molar-refractivity contribution in [3.8, 4) is 0 Å². The molecule has 4 rings (SSSR count). The molecule has 1 aromatic carbocycles. The van der Waals surface area contributed by atoms with Crippen LogP contribution < -0.4 is 5.73 Å². The van der Waals surface area contributed by atoms with E-state index in [1.54, 1.807) is 4.90 Å². The normalized spacial score (nSPS) is 15.2. The smallest absolute Gasteiger partial charge is 0.275 e. The number of primary amides is 1. The number of para-hydroxylation sites is 1. The molecule has 0 unspecified atom stereocenters. The van der Waals surface area contributed by atoms with Crippen molar-refractivity contribution in [1.82, 2.24) is 14.9 Å². The van der Waals surface area contributed by atoms with E-state index >= 15 is 0 Å². The molecule has 0 radical (unpaired) electrons. The zero-order valence-electron chi connectivity index (χ0n) is 15.4. The molecule has 0 bridgehead atoms. The third-order valence-electron chi connectivity index (χ3n) is 4.88. The van der Waals surface area contributed by atoms with Crippen LogP contribution in [-0.2, 0) is 10.5 Å². The van der Waals surface area contributed by atoms with Gasteiger partial charge in [-0.1, -0.05) is 23.9 Å². The van der Waals surface area contributed by atoms with Crippen LogP contribution in [0.4, 0.5) is 0 Å². The fourth-order valence-electron chi connectivity index (χ4n) is 3.26. The van der Waals surface area contributed by atoms with Crippen LogP contribution >= 0.6 is 11.8 Å². The number of aryl methyl sites for hydroxylation is 1. The third kappa shape index (κ3) is 3.75. The number of nitrogens with two attached hydrogens (primary N) is 1. The first-order chi connectivity index (χ1) is 13.5. The molecule has 2 N–H and O–H groups in total. The minimum absolute atomic E-state index is 0.159. The van der Waals surface area contributed by atoms with Crippen LogP contribution in [0.25, 0.3) is 11.1 Å². The maximum Gasteiger partial charge on any atom is 0.275 e. The van der Waals surface area contributed by atoms with Gasteiger partial charge >= 0.3 is 0 Å². The first kappa shape index (κ1) is 18.5. The predicted molar refractivity (Wildman–Crippen MR) is 103 cm³/mol. The summed E-state index contributed by atoms with van der Waals surface area (Å²) in [5.74, 6) is 0.179. The van der Waals surface area contributed by atoms with Crippen molar-refractivity contribution in [2.24, 2.45) is 11.7 Å². The quantitative estimate of drug-likeness (QED) is 0.655. The Morgan fingerprint density at radius 3 is 2.79 bits per heavy atom. The molecule has 1 aliphatic rings. The number of carbonyl (C=O) groups is 2. The highest BCUT2D eigenvalue weighted by Crippen LogP contribution is 2.27. The highest BCUT2D eigenvalue weighted by Gasteiger charge is 2.28. The van der Waals surface area contributed by atoms with Crippen molar-refractivity contribution in [3.63, 3.8) is 0 Å². The minimum Gasteiger partial charge on any atom is -0.447 e. The van der Waals surface area contributed by atoms with Gasteiger partial charge in [-0.2, -0.15) is 0 Å². The zero-order chi connectivity index (χ0) is 19.7. The Morgan fingerprint density at radius 1 is 1.29 bits per heavy atom. The number of rotatable bonds is 5. The molecular formula is C19H20N4O4S. The molecule has 2 aromatic heterocycles. The van der Waals surface area contributed by atoms with Crippen LogP contribution in [0, 0.1) is 12.8 Å². The molecule has 0 spiro atoms. The molecule has 28 heavy (non-hydrogen) atoms. The molecule has 146 valence electrons. The molecule has 0 saturated carbocycles. The SMILES string of the molecule is Cc1cccc2oc(SCc3nc(C(=O)N4CCC(C(N)=O)CC4)co3)nc12. The average molecular weight is 400 g/mol. The van der Waals surface area contributed by atoms with Crippen LogP contribution in [0.2, 0.25) is 0 Å². The second-order valence-electron chi connectivity index (χ2n) is 6.79. The van der Waals surface area contributed by atoms with Gasteiger partial charge in [0.05, 0.1) is 5.75 Å². The standard InChI is InChI=1S/C19H20N4O4S/c1-11-3-2-4-14-16(11)22-19(27-14)28-10-15-21-13(9-26-15)18(25)23-7-5-12(6-8-23)17(20)24/h2-4,9,12H,5-8,10H2,1H3,(H2,20,24). The average Bonchev–Trinajstić information content (AvgIpc) is 3.33. The number of hydrogen-bond donors (Lipinski definition) is 1. The van der Waals surface area contributed by atoms with E-state index in [1.165, 1.54) is 18.0 Å². The molecule has 0 atom stereocenters. The molecule has 1 saturated heterocycles. The number of thioether (sulfide) groups is 1. The van der Waals surface area contributed by atoms with Crippen LogP contribution in [0.3, 0.4) is 0 Å². The summed E-state index contributed by atoms with van der Waals surface area (Å²) in [4.78, 5) is 34.3. The van der Waals surface area contributed by atoms with Crippen LogP contribution in [0.15, 0.2) is 38.5 Å². The largest absolute Gasteiger partial charge is 0.447 e. The summed E-state index contributed by atoms with van der Waals surface area (Å²) in [6, 6.07) is 5.79. The van der Waals surface area contributed by atoms with E-state index in [1.807, 2.05) is 25.1 Å². The van der Waals surface area contributed by atoms with Crippen LogP contribution in [0.5, 0.6) is 0 Å². The van der Waals surface area contributed by atoms with Gasteiger partial charge in [0, 0.05) is 19.0 Å². The first-order valence-electron chi connectivity index (χ1n) is 9.03. The van der Waals surface area contributed by atoms with Crippen LogP contribution in [-0.4, -0.2) is 39.8 Å². The number of fused-ring (bicyclic) bond motifs is 1. The molecule has 3 aromatic rings. The van der Waals surface area contributed by atoms with Crippen molar-refractivity contribution < 1.29 is 18.4 Å². The summed E-state index contributed by atoms with van der Waals surface area (Å²) in [5, 5.41) is 0.531. The van der Waals surface area contributed by atoms with Gasteiger partial charge in [-0.05, 0) is 31.4 Å². The highest BCUT2D eigenvalue weighted by atomic mass is 32.2. The fourth-order valence-corrected chi connectivity index (χ4v) is 3.94. The van der Waals surface area contributed by atoms with Gasteiger partial charge in [0.2, 0.25) is 11.8 Å². The predicted octanol–water partition coefficient (Wildman–Crippen LogP) is 2.75. The lowest BCUT2D eigenvalue weighted by molar-refractivity contribution is -0.123. The Labute approximate surface area is 165 Å². The van der Waals surface area contributed by atoms with Crippen molar-refractivity contribution in [3.05, 3.63) is 41.6 Å². The Morgan fingerprint density at radius 2 is 2.07 bits per heavy atom. The van der Waals surface area contributed by atoms with E-state index in [0.29, 0.717) is 42.8 Å². The molecular weight excluding hydrogens is 380 g/mol. The molecule has 0 aliphatic carbocycles. The molecule has 3 heterocycles. The van der Waals surface area contributed by atoms with E-state index in [-0.39, 0.29) is 23.4 Å². The second kappa shape index (κ2) is 7.67. The van der Waals surface area contributed by atoms with E-state index in [9.17, 15) is 9.59 Å². The second-order valence-corrected chi connectivity index (χ2v) is 7.71. The summed E-state index contributed by atoms with van der Waals surface area (Å²) in [6.45, 7) is 2.97. The van der Waals surface area contributed by atoms with Gasteiger partial charge in [0.15, 0.2) is 11.3 Å². The summed E-state index contributed by atoms with van der Waals surface area (Å²) < 4.78 is 11.2. The lowest BCUT2D eigenvalue weighted by atomic mass is 9.96. The zero-order valence-corrected chi connectivity index (χ0v) is 16.2. The number of likely N-dealkylation sites (tertiary alicyclic amines) is 1. The van der Waals surface area contributed by atoms with E-state index < -0.39 is 0 Å². The Balaban J connectivity index is 1.37. The highest BCUT2D eigenvalue weighted by molar-refractivity contribution is 7.98. The Hall–Kier alpha value is -2.81. The van der Waals surface area contributed by atoms with Gasteiger partial charge < -0.3 is 19.5 Å². The third-order valence-corrected chi connectivity index (χ3v) is 5.69. The van der Waals surface area contributed by atoms with Gasteiger partial charge in [-0.15, -0.1) is 0 Å². The summed E-state index contributed by atoms with van der Waals surface area (Å²) >= 11 is 1.36. The molecule has 1 aliphatic heterocycles. The summed E-state index contributed by atoms with van der Waals surface area (Å²) in [5.41, 5.74) is 8.23. The lowest BCUT2D eigenvalue weighted by Crippen LogP contribution is -2.41.